The minimum atomic E-state index is 1.07. The number of aryl methyl sites for hydroxylation is 1. The number of rotatable bonds is 1. The first kappa shape index (κ1) is 11.8. The van der Waals surface area contributed by atoms with Crippen molar-refractivity contribution in [1.82, 2.24) is 0 Å². The van der Waals surface area contributed by atoms with Crippen LogP contribution in [0.25, 0.3) is 0 Å². The molecule has 0 bridgehead atoms. The van der Waals surface area contributed by atoms with Gasteiger partial charge in [0.05, 0.1) is 0 Å². The van der Waals surface area contributed by atoms with Gasteiger partial charge in [-0.05, 0) is 43.0 Å². The molecule has 0 aliphatic rings. The Hall–Kier alpha value is -1.65. The lowest BCUT2D eigenvalue weighted by atomic mass is 10.1. The van der Waals surface area contributed by atoms with Crippen LogP contribution < -0.4 is 0 Å². The summed E-state index contributed by atoms with van der Waals surface area (Å²) < 4.78 is 0. The van der Waals surface area contributed by atoms with Crippen molar-refractivity contribution in [2.24, 2.45) is 0 Å². The van der Waals surface area contributed by atoms with E-state index in [0.29, 0.717) is 0 Å². The van der Waals surface area contributed by atoms with Crippen LogP contribution in [-0.4, -0.2) is 6.26 Å². The Kier molecular flexibility index (Phi) is 3.90. The molecule has 2 aromatic rings. The molecule has 0 N–H and O–H groups in total. The van der Waals surface area contributed by atoms with Crippen LogP contribution in [0.5, 0.6) is 0 Å². The first-order valence-electron chi connectivity index (χ1n) is 5.51. The molecule has 1 heteroatoms. The molecule has 0 nitrogen and oxygen atoms in total. The molecule has 0 unspecified atom stereocenters. The smallest absolute Gasteiger partial charge is 0.0384 e. The predicted molar refractivity (Wildman–Crippen MR) is 75.4 cm³/mol. The van der Waals surface area contributed by atoms with Crippen LogP contribution in [0, 0.1) is 18.8 Å². The lowest BCUT2D eigenvalue weighted by molar-refractivity contribution is 1.41. The molecule has 0 atom stereocenters. The molecule has 0 saturated carbocycles. The van der Waals surface area contributed by atoms with Crippen molar-refractivity contribution >= 4 is 11.8 Å². The van der Waals surface area contributed by atoms with Gasteiger partial charge in [-0.2, -0.15) is 0 Å². The molecule has 84 valence electrons. The van der Waals surface area contributed by atoms with Crippen molar-refractivity contribution in [3.63, 3.8) is 0 Å². The second kappa shape index (κ2) is 5.61. The average Bonchev–Trinajstić information content (AvgIpc) is 2.37. The average molecular weight is 238 g/mol. The molecule has 0 aliphatic carbocycles. The molecule has 2 rings (SSSR count). The Labute approximate surface area is 107 Å². The van der Waals surface area contributed by atoms with E-state index in [9.17, 15) is 0 Å². The van der Waals surface area contributed by atoms with E-state index in [1.807, 2.05) is 24.3 Å². The Morgan fingerprint density at radius 3 is 2.53 bits per heavy atom. The fourth-order valence-corrected chi connectivity index (χ4v) is 2.16. The third-order valence-corrected chi connectivity index (χ3v) is 3.26. The number of hydrogen-bond acceptors (Lipinski definition) is 1. The fraction of sp³-hybridized carbons (Fsp3) is 0.125. The standard InChI is InChI=1S/C16H14S/c1-13-6-5-7-14(12-13)10-11-15-8-3-4-9-16(15)17-2/h3-9,12H,1-2H3. The summed E-state index contributed by atoms with van der Waals surface area (Å²) in [6.07, 6.45) is 2.08. The number of benzene rings is 2. The SMILES string of the molecule is CSc1ccccc1C#Cc1cccc(C)c1. The Balaban J connectivity index is 2.33. The first-order valence-corrected chi connectivity index (χ1v) is 6.74. The molecule has 2 aromatic carbocycles. The molecule has 0 radical (unpaired) electrons. The van der Waals surface area contributed by atoms with Crippen molar-refractivity contribution < 1.29 is 0 Å². The van der Waals surface area contributed by atoms with Gasteiger partial charge in [-0.1, -0.05) is 36.1 Å². The van der Waals surface area contributed by atoms with Gasteiger partial charge in [0, 0.05) is 16.0 Å². The van der Waals surface area contributed by atoms with Crippen LogP contribution in [0.15, 0.2) is 53.4 Å². The van der Waals surface area contributed by atoms with Gasteiger partial charge in [0.2, 0.25) is 0 Å². The third-order valence-electron chi connectivity index (χ3n) is 2.47. The second-order valence-corrected chi connectivity index (χ2v) is 4.67. The van der Waals surface area contributed by atoms with Gasteiger partial charge in [-0.15, -0.1) is 11.8 Å². The molecule has 0 spiro atoms. The van der Waals surface area contributed by atoms with E-state index in [1.165, 1.54) is 10.5 Å². The Morgan fingerprint density at radius 2 is 1.76 bits per heavy atom. The molecule has 17 heavy (non-hydrogen) atoms. The minimum Gasteiger partial charge on any atom is -0.128 e. The van der Waals surface area contributed by atoms with Crippen LogP contribution >= 0.6 is 11.8 Å². The lowest BCUT2D eigenvalue weighted by Gasteiger charge is -1.98. The van der Waals surface area contributed by atoms with Crippen molar-refractivity contribution in [3.8, 4) is 11.8 Å². The Morgan fingerprint density at radius 1 is 0.941 bits per heavy atom. The van der Waals surface area contributed by atoms with Crippen LogP contribution in [-0.2, 0) is 0 Å². The van der Waals surface area contributed by atoms with E-state index in [0.717, 1.165) is 11.1 Å². The summed E-state index contributed by atoms with van der Waals surface area (Å²) in [6, 6.07) is 16.5. The van der Waals surface area contributed by atoms with Crippen molar-refractivity contribution in [1.29, 1.82) is 0 Å². The van der Waals surface area contributed by atoms with Gasteiger partial charge in [0.15, 0.2) is 0 Å². The van der Waals surface area contributed by atoms with Gasteiger partial charge in [0.25, 0.3) is 0 Å². The highest BCUT2D eigenvalue weighted by molar-refractivity contribution is 7.98. The Bertz CT molecular complexity index is 573. The maximum atomic E-state index is 3.24. The highest BCUT2D eigenvalue weighted by atomic mass is 32.2. The molecule has 0 amide bonds. The quantitative estimate of drug-likeness (QED) is 0.532. The number of hydrogen-bond donors (Lipinski definition) is 0. The largest absolute Gasteiger partial charge is 0.128 e. The van der Waals surface area contributed by atoms with E-state index < -0.39 is 0 Å². The maximum Gasteiger partial charge on any atom is 0.0384 e. The van der Waals surface area contributed by atoms with Crippen LogP contribution in [0.2, 0.25) is 0 Å². The second-order valence-electron chi connectivity index (χ2n) is 3.82. The van der Waals surface area contributed by atoms with E-state index in [-0.39, 0.29) is 0 Å². The monoisotopic (exact) mass is 238 g/mol. The van der Waals surface area contributed by atoms with E-state index in [2.05, 4.69) is 49.3 Å². The van der Waals surface area contributed by atoms with Gasteiger partial charge < -0.3 is 0 Å². The minimum absolute atomic E-state index is 1.07. The maximum absolute atomic E-state index is 3.24. The molecule has 0 aromatic heterocycles. The van der Waals surface area contributed by atoms with Crippen LogP contribution in [0.3, 0.4) is 0 Å². The summed E-state index contributed by atoms with van der Waals surface area (Å²) >= 11 is 1.73. The summed E-state index contributed by atoms with van der Waals surface area (Å²) in [4.78, 5) is 1.23. The summed E-state index contributed by atoms with van der Waals surface area (Å²) in [7, 11) is 0. The summed E-state index contributed by atoms with van der Waals surface area (Å²) in [5.41, 5.74) is 3.41. The van der Waals surface area contributed by atoms with Crippen LogP contribution in [0.4, 0.5) is 0 Å². The van der Waals surface area contributed by atoms with Gasteiger partial charge in [0.1, 0.15) is 0 Å². The van der Waals surface area contributed by atoms with Gasteiger partial charge in [-0.3, -0.25) is 0 Å². The van der Waals surface area contributed by atoms with Gasteiger partial charge >= 0.3 is 0 Å². The zero-order valence-electron chi connectivity index (χ0n) is 10.0. The predicted octanol–water partition coefficient (Wildman–Crippen LogP) is 4.12. The van der Waals surface area contributed by atoms with Crippen LogP contribution in [0.1, 0.15) is 16.7 Å². The van der Waals surface area contributed by atoms with E-state index in [4.69, 9.17) is 0 Å². The zero-order valence-corrected chi connectivity index (χ0v) is 10.8. The zero-order chi connectivity index (χ0) is 12.1. The van der Waals surface area contributed by atoms with Crippen molar-refractivity contribution in [3.05, 3.63) is 65.2 Å². The molecule has 0 heterocycles. The summed E-state index contributed by atoms with van der Waals surface area (Å²) in [5, 5.41) is 0. The summed E-state index contributed by atoms with van der Waals surface area (Å²) in [5.74, 6) is 6.45. The third kappa shape index (κ3) is 3.15. The fourth-order valence-electron chi connectivity index (χ4n) is 1.61. The van der Waals surface area contributed by atoms with Crippen molar-refractivity contribution in [2.75, 3.05) is 6.26 Å². The van der Waals surface area contributed by atoms with E-state index >= 15 is 0 Å². The molecule has 0 saturated heterocycles. The van der Waals surface area contributed by atoms with Crippen molar-refractivity contribution in [2.45, 2.75) is 11.8 Å². The normalized spacial score (nSPS) is 9.53. The highest BCUT2D eigenvalue weighted by Crippen LogP contribution is 2.18. The van der Waals surface area contributed by atoms with Gasteiger partial charge in [-0.25, -0.2) is 0 Å². The molecular formula is C16H14S. The molecular weight excluding hydrogens is 224 g/mol. The molecule has 0 aliphatic heterocycles. The molecule has 0 fully saturated rings. The van der Waals surface area contributed by atoms with E-state index in [1.54, 1.807) is 11.8 Å². The highest BCUT2D eigenvalue weighted by Gasteiger charge is 1.95. The number of thioether (sulfide) groups is 1. The summed E-state index contributed by atoms with van der Waals surface area (Å²) in [6.45, 7) is 2.08. The first-order chi connectivity index (χ1) is 8.29. The topological polar surface area (TPSA) is 0 Å². The lowest BCUT2D eigenvalue weighted by Crippen LogP contribution is -1.80.